The second kappa shape index (κ2) is 5.63. The Morgan fingerprint density at radius 3 is 2.50 bits per heavy atom. The molecule has 1 rings (SSSR count). The predicted molar refractivity (Wildman–Crippen MR) is 60.6 cm³/mol. The average molecular weight is 249 g/mol. The molecule has 0 amide bonds. The zero-order chi connectivity index (χ0) is 12.2. The summed E-state index contributed by atoms with van der Waals surface area (Å²) in [6.07, 6.45) is 3.41. The van der Waals surface area contributed by atoms with Gasteiger partial charge < -0.3 is 5.11 Å². The lowest BCUT2D eigenvalue weighted by molar-refractivity contribution is -0.137. The molecular weight excluding hydrogens is 230 g/mol. The van der Waals surface area contributed by atoms with Crippen LogP contribution in [0, 0.1) is 5.92 Å². The van der Waals surface area contributed by atoms with Gasteiger partial charge in [0.2, 0.25) is 10.0 Å². The van der Waals surface area contributed by atoms with Crippen molar-refractivity contribution in [3.63, 3.8) is 0 Å². The van der Waals surface area contributed by atoms with Crippen LogP contribution < -0.4 is 0 Å². The van der Waals surface area contributed by atoms with Gasteiger partial charge in [0.15, 0.2) is 0 Å². The fraction of sp³-hybridized carbons (Fsp3) is 0.900. The minimum Gasteiger partial charge on any atom is -0.480 e. The molecule has 0 aromatic carbocycles. The van der Waals surface area contributed by atoms with Crippen LogP contribution in [0.15, 0.2) is 0 Å². The van der Waals surface area contributed by atoms with Crippen molar-refractivity contribution >= 4 is 16.0 Å². The number of aliphatic carboxylic acids is 1. The second-order valence-corrected chi connectivity index (χ2v) is 6.39. The third-order valence-electron chi connectivity index (χ3n) is 2.62. The van der Waals surface area contributed by atoms with E-state index in [1.54, 1.807) is 0 Å². The second-order valence-electron chi connectivity index (χ2n) is 4.30. The summed E-state index contributed by atoms with van der Waals surface area (Å²) in [5, 5.41) is 8.70. The molecule has 0 bridgehead atoms. The molecule has 1 aliphatic carbocycles. The van der Waals surface area contributed by atoms with Gasteiger partial charge in [-0.15, -0.1) is 0 Å². The number of unbranched alkanes of at least 4 members (excludes halogenated alkanes) is 1. The summed E-state index contributed by atoms with van der Waals surface area (Å²) in [6.45, 7) is 1.89. The largest absolute Gasteiger partial charge is 0.480 e. The van der Waals surface area contributed by atoms with Crippen LogP contribution in [0.4, 0.5) is 0 Å². The Morgan fingerprint density at radius 2 is 2.06 bits per heavy atom. The van der Waals surface area contributed by atoms with Crippen LogP contribution in [-0.4, -0.2) is 42.6 Å². The van der Waals surface area contributed by atoms with Crippen LogP contribution in [0.1, 0.15) is 32.6 Å². The number of rotatable bonds is 8. The highest BCUT2D eigenvalue weighted by Crippen LogP contribution is 2.30. The zero-order valence-electron chi connectivity index (χ0n) is 9.55. The fourth-order valence-electron chi connectivity index (χ4n) is 1.47. The van der Waals surface area contributed by atoms with Crippen LogP contribution in [-0.2, 0) is 14.8 Å². The Kier molecular flexibility index (Phi) is 4.73. The summed E-state index contributed by atoms with van der Waals surface area (Å²) in [7, 11) is -3.38. The van der Waals surface area contributed by atoms with E-state index >= 15 is 0 Å². The smallest absolute Gasteiger partial charge is 0.318 e. The monoisotopic (exact) mass is 249 g/mol. The van der Waals surface area contributed by atoms with E-state index in [4.69, 9.17) is 5.11 Å². The molecule has 5 nitrogen and oxygen atoms in total. The maximum absolute atomic E-state index is 11.9. The number of sulfonamides is 1. The van der Waals surface area contributed by atoms with E-state index in [1.807, 2.05) is 6.92 Å². The van der Waals surface area contributed by atoms with Gasteiger partial charge in [-0.1, -0.05) is 13.3 Å². The normalized spacial score (nSPS) is 16.6. The first-order chi connectivity index (χ1) is 7.45. The third kappa shape index (κ3) is 4.49. The van der Waals surface area contributed by atoms with E-state index in [0.717, 1.165) is 23.6 Å². The molecule has 1 saturated carbocycles. The van der Waals surface area contributed by atoms with Gasteiger partial charge in [0.25, 0.3) is 0 Å². The molecular formula is C10H19NO4S. The lowest BCUT2D eigenvalue weighted by Crippen LogP contribution is -2.38. The molecule has 0 unspecified atom stereocenters. The first-order valence-electron chi connectivity index (χ1n) is 5.65. The summed E-state index contributed by atoms with van der Waals surface area (Å²) < 4.78 is 24.8. The fourth-order valence-corrected chi connectivity index (χ4v) is 3.13. The number of carboxylic acids is 1. The Labute approximate surface area is 96.5 Å². The van der Waals surface area contributed by atoms with Crippen molar-refractivity contribution in [3.05, 3.63) is 0 Å². The maximum atomic E-state index is 11.9. The summed E-state index contributed by atoms with van der Waals surface area (Å²) in [5.41, 5.74) is 0. The Balaban J connectivity index is 2.60. The number of nitrogens with zero attached hydrogens (tertiary/aromatic N) is 1. The first kappa shape index (κ1) is 13.4. The molecule has 0 spiro atoms. The van der Waals surface area contributed by atoms with Gasteiger partial charge in [-0.2, -0.15) is 4.31 Å². The summed E-state index contributed by atoms with van der Waals surface area (Å²) in [4.78, 5) is 10.6. The SMILES string of the molecule is CCCCS(=O)(=O)N(CC(=O)O)CC1CC1. The Bertz CT molecular complexity index is 335. The average Bonchev–Trinajstić information content (AvgIpc) is 2.97. The number of hydrogen-bond acceptors (Lipinski definition) is 3. The van der Waals surface area contributed by atoms with Crippen molar-refractivity contribution in [1.82, 2.24) is 4.31 Å². The van der Waals surface area contributed by atoms with Gasteiger partial charge in [-0.3, -0.25) is 4.79 Å². The summed E-state index contributed by atoms with van der Waals surface area (Å²) in [6, 6.07) is 0. The van der Waals surface area contributed by atoms with Crippen molar-refractivity contribution in [2.45, 2.75) is 32.6 Å². The predicted octanol–water partition coefficient (Wildman–Crippen LogP) is 0.913. The number of carboxylic acid groups (broad SMARTS) is 1. The van der Waals surface area contributed by atoms with Gasteiger partial charge in [-0.05, 0) is 25.2 Å². The van der Waals surface area contributed by atoms with Gasteiger partial charge in [-0.25, -0.2) is 8.42 Å². The molecule has 0 atom stereocenters. The van der Waals surface area contributed by atoms with Crippen LogP contribution in [0.3, 0.4) is 0 Å². The van der Waals surface area contributed by atoms with E-state index in [2.05, 4.69) is 0 Å². The Morgan fingerprint density at radius 1 is 1.44 bits per heavy atom. The molecule has 0 aromatic heterocycles. The molecule has 6 heteroatoms. The third-order valence-corrected chi connectivity index (χ3v) is 4.49. The van der Waals surface area contributed by atoms with Crippen molar-refractivity contribution in [2.75, 3.05) is 18.8 Å². The van der Waals surface area contributed by atoms with Crippen LogP contribution >= 0.6 is 0 Å². The number of carbonyl (C=O) groups is 1. The van der Waals surface area contributed by atoms with Gasteiger partial charge in [0.05, 0.1) is 5.75 Å². The van der Waals surface area contributed by atoms with Crippen molar-refractivity contribution in [3.8, 4) is 0 Å². The van der Waals surface area contributed by atoms with Crippen molar-refractivity contribution < 1.29 is 18.3 Å². The molecule has 1 N–H and O–H groups in total. The molecule has 16 heavy (non-hydrogen) atoms. The van der Waals surface area contributed by atoms with Gasteiger partial charge in [0.1, 0.15) is 6.54 Å². The molecule has 0 aromatic rings. The molecule has 94 valence electrons. The van der Waals surface area contributed by atoms with Crippen molar-refractivity contribution in [2.24, 2.45) is 5.92 Å². The van der Waals surface area contributed by atoms with Crippen LogP contribution in [0.2, 0.25) is 0 Å². The van der Waals surface area contributed by atoms with Gasteiger partial charge in [0, 0.05) is 6.54 Å². The van der Waals surface area contributed by atoms with E-state index in [1.165, 1.54) is 0 Å². The van der Waals surface area contributed by atoms with E-state index in [-0.39, 0.29) is 5.75 Å². The van der Waals surface area contributed by atoms with E-state index < -0.39 is 22.5 Å². The van der Waals surface area contributed by atoms with Crippen LogP contribution in [0.25, 0.3) is 0 Å². The molecule has 0 radical (unpaired) electrons. The van der Waals surface area contributed by atoms with E-state index in [0.29, 0.717) is 18.9 Å². The highest BCUT2D eigenvalue weighted by molar-refractivity contribution is 7.89. The lowest BCUT2D eigenvalue weighted by atomic mass is 10.4. The molecule has 1 fully saturated rings. The van der Waals surface area contributed by atoms with Gasteiger partial charge >= 0.3 is 5.97 Å². The topological polar surface area (TPSA) is 74.7 Å². The molecule has 0 heterocycles. The minimum atomic E-state index is -3.38. The van der Waals surface area contributed by atoms with Crippen LogP contribution in [0.5, 0.6) is 0 Å². The highest BCUT2D eigenvalue weighted by Gasteiger charge is 2.31. The molecule has 0 saturated heterocycles. The lowest BCUT2D eigenvalue weighted by Gasteiger charge is -2.19. The highest BCUT2D eigenvalue weighted by atomic mass is 32.2. The number of hydrogen-bond donors (Lipinski definition) is 1. The molecule has 0 aliphatic heterocycles. The minimum absolute atomic E-state index is 0.0590. The molecule has 1 aliphatic rings. The Hall–Kier alpha value is -0.620. The first-order valence-corrected chi connectivity index (χ1v) is 7.26. The summed E-state index contributed by atoms with van der Waals surface area (Å²) in [5.74, 6) is -0.653. The summed E-state index contributed by atoms with van der Waals surface area (Å²) >= 11 is 0. The zero-order valence-corrected chi connectivity index (χ0v) is 10.4. The van der Waals surface area contributed by atoms with Crippen molar-refractivity contribution in [1.29, 1.82) is 0 Å². The van der Waals surface area contributed by atoms with E-state index in [9.17, 15) is 13.2 Å². The standard InChI is InChI=1S/C10H19NO4S/c1-2-3-6-16(14,15)11(8-10(12)13)7-9-4-5-9/h9H,2-8H2,1H3,(H,12,13). The maximum Gasteiger partial charge on any atom is 0.318 e. The quantitative estimate of drug-likeness (QED) is 0.694.